The average molecular weight is 387 g/mol. The molecule has 3 heteroatoms. The Balaban J connectivity index is 5.27. The molecule has 3 atom stereocenters. The van der Waals surface area contributed by atoms with Crippen molar-refractivity contribution in [2.45, 2.75) is 75.2 Å². The highest BCUT2D eigenvalue weighted by Crippen LogP contribution is 2.16. The van der Waals surface area contributed by atoms with E-state index in [1.165, 1.54) is 0 Å². The van der Waals surface area contributed by atoms with E-state index >= 15 is 0 Å². The summed E-state index contributed by atoms with van der Waals surface area (Å²) in [5.41, 5.74) is 3.04. The molecule has 0 rings (SSSR count). The van der Waals surface area contributed by atoms with E-state index in [9.17, 15) is 14.4 Å². The molecule has 3 nitrogen and oxygen atoms in total. The molecule has 0 saturated heterocycles. The molecule has 0 fully saturated rings. The van der Waals surface area contributed by atoms with Crippen LogP contribution in [0.1, 0.15) is 75.2 Å². The number of Topliss-reactive ketones (excluding diaryl/α,β-unsaturated/α-hetero) is 3. The van der Waals surface area contributed by atoms with Gasteiger partial charge in [0.05, 0.1) is 5.92 Å². The molecule has 3 unspecified atom stereocenters. The molecule has 0 aromatic heterocycles. The summed E-state index contributed by atoms with van der Waals surface area (Å²) in [4.78, 5) is 36.6. The fourth-order valence-electron chi connectivity index (χ4n) is 3.12. The van der Waals surface area contributed by atoms with Crippen molar-refractivity contribution in [3.05, 3.63) is 46.6 Å². The molecule has 0 radical (unpaired) electrons. The SMILES string of the molecule is CCC(=O)C(C)C(=O)C(C)=CC(C)=CC(C)C=C(C)C(=O)C(C)=CC(C)CC. The van der Waals surface area contributed by atoms with Crippen molar-refractivity contribution in [2.24, 2.45) is 17.8 Å². The summed E-state index contributed by atoms with van der Waals surface area (Å²) >= 11 is 0. The van der Waals surface area contributed by atoms with E-state index in [2.05, 4.69) is 13.8 Å². The minimum absolute atomic E-state index is 0.0364. The Morgan fingerprint density at radius 3 is 1.82 bits per heavy atom. The lowest BCUT2D eigenvalue weighted by Gasteiger charge is -2.09. The van der Waals surface area contributed by atoms with Crippen LogP contribution in [0.4, 0.5) is 0 Å². The van der Waals surface area contributed by atoms with Gasteiger partial charge in [-0.15, -0.1) is 0 Å². The van der Waals surface area contributed by atoms with E-state index < -0.39 is 5.92 Å². The maximum atomic E-state index is 12.5. The third-order valence-electron chi connectivity index (χ3n) is 4.99. The molecule has 0 aromatic carbocycles. The van der Waals surface area contributed by atoms with Crippen molar-refractivity contribution in [3.8, 4) is 0 Å². The first-order chi connectivity index (χ1) is 12.9. The van der Waals surface area contributed by atoms with Gasteiger partial charge in [0.1, 0.15) is 5.78 Å². The monoisotopic (exact) mass is 386 g/mol. The highest BCUT2D eigenvalue weighted by Gasteiger charge is 2.20. The normalized spacial score (nSPS) is 17.2. The van der Waals surface area contributed by atoms with Gasteiger partial charge in [0, 0.05) is 6.42 Å². The molecule has 0 saturated carbocycles. The predicted octanol–water partition coefficient (Wildman–Crippen LogP) is 6.21. The lowest BCUT2D eigenvalue weighted by Crippen LogP contribution is -2.21. The van der Waals surface area contributed by atoms with Gasteiger partial charge in [0.15, 0.2) is 11.6 Å². The predicted molar refractivity (Wildman–Crippen MR) is 118 cm³/mol. The summed E-state index contributed by atoms with van der Waals surface area (Å²) in [5.74, 6) is -0.220. The summed E-state index contributed by atoms with van der Waals surface area (Å²) in [7, 11) is 0. The van der Waals surface area contributed by atoms with Gasteiger partial charge in [-0.2, -0.15) is 0 Å². The zero-order chi connectivity index (χ0) is 22.0. The Kier molecular flexibility index (Phi) is 11.5. The van der Waals surface area contributed by atoms with Gasteiger partial charge in [-0.25, -0.2) is 0 Å². The quantitative estimate of drug-likeness (QED) is 0.241. The number of hydrogen-bond donors (Lipinski definition) is 0. The highest BCUT2D eigenvalue weighted by atomic mass is 16.2. The fourth-order valence-corrected chi connectivity index (χ4v) is 3.12. The number of rotatable bonds is 11. The smallest absolute Gasteiger partial charge is 0.183 e. The van der Waals surface area contributed by atoms with Gasteiger partial charge in [0.25, 0.3) is 0 Å². The van der Waals surface area contributed by atoms with Crippen molar-refractivity contribution in [1.29, 1.82) is 0 Å². The minimum atomic E-state index is -0.591. The van der Waals surface area contributed by atoms with Crippen LogP contribution in [-0.4, -0.2) is 17.3 Å². The summed E-state index contributed by atoms with van der Waals surface area (Å²) in [6, 6.07) is 0. The Hall–Kier alpha value is -2.03. The Morgan fingerprint density at radius 1 is 0.786 bits per heavy atom. The molecule has 0 aliphatic rings. The van der Waals surface area contributed by atoms with E-state index in [0.29, 0.717) is 17.9 Å². The first kappa shape index (κ1) is 26.0. The number of carbonyl (C=O) groups excluding carboxylic acids is 3. The van der Waals surface area contributed by atoms with Crippen LogP contribution >= 0.6 is 0 Å². The maximum Gasteiger partial charge on any atom is 0.183 e. The van der Waals surface area contributed by atoms with Crippen LogP contribution in [0.15, 0.2) is 46.6 Å². The van der Waals surface area contributed by atoms with Crippen LogP contribution in [0.3, 0.4) is 0 Å². The van der Waals surface area contributed by atoms with E-state index in [4.69, 9.17) is 0 Å². The number of allylic oxidation sites excluding steroid dienone is 8. The average Bonchev–Trinajstić information content (AvgIpc) is 2.64. The zero-order valence-electron chi connectivity index (χ0n) is 19.2. The molecular formula is C25H38O3. The summed E-state index contributed by atoms with van der Waals surface area (Å²) in [5, 5.41) is 0. The topological polar surface area (TPSA) is 51.2 Å². The molecule has 0 bridgehead atoms. The second kappa shape index (κ2) is 12.4. The van der Waals surface area contributed by atoms with Crippen LogP contribution in [0.25, 0.3) is 0 Å². The van der Waals surface area contributed by atoms with Crippen molar-refractivity contribution in [3.63, 3.8) is 0 Å². The Labute approximate surface area is 171 Å². The summed E-state index contributed by atoms with van der Waals surface area (Å²) < 4.78 is 0. The molecule has 0 aliphatic heterocycles. The van der Waals surface area contributed by atoms with E-state index in [-0.39, 0.29) is 23.3 Å². The lowest BCUT2D eigenvalue weighted by molar-refractivity contribution is -0.129. The van der Waals surface area contributed by atoms with E-state index in [1.54, 1.807) is 20.8 Å². The maximum absolute atomic E-state index is 12.5. The van der Waals surface area contributed by atoms with Crippen LogP contribution < -0.4 is 0 Å². The van der Waals surface area contributed by atoms with Gasteiger partial charge in [-0.1, -0.05) is 64.0 Å². The largest absolute Gasteiger partial charge is 0.299 e. The molecular weight excluding hydrogens is 348 g/mol. The minimum Gasteiger partial charge on any atom is -0.299 e. The number of carbonyl (C=O) groups is 3. The van der Waals surface area contributed by atoms with Crippen molar-refractivity contribution in [2.75, 3.05) is 0 Å². The number of ketones is 3. The third-order valence-corrected chi connectivity index (χ3v) is 4.99. The van der Waals surface area contributed by atoms with Crippen molar-refractivity contribution >= 4 is 17.3 Å². The molecule has 0 N–H and O–H groups in total. The van der Waals surface area contributed by atoms with E-state index in [1.807, 2.05) is 52.0 Å². The number of hydrogen-bond acceptors (Lipinski definition) is 3. The lowest BCUT2D eigenvalue weighted by atomic mass is 9.93. The van der Waals surface area contributed by atoms with Gasteiger partial charge < -0.3 is 0 Å². The molecule has 0 spiro atoms. The summed E-state index contributed by atoms with van der Waals surface area (Å²) in [6.07, 6.45) is 9.20. The first-order valence-electron chi connectivity index (χ1n) is 10.3. The van der Waals surface area contributed by atoms with E-state index in [0.717, 1.165) is 23.1 Å². The second-order valence-electron chi connectivity index (χ2n) is 7.92. The zero-order valence-corrected chi connectivity index (χ0v) is 19.2. The van der Waals surface area contributed by atoms with Crippen molar-refractivity contribution in [1.82, 2.24) is 0 Å². The van der Waals surface area contributed by atoms with Crippen LogP contribution in [0.5, 0.6) is 0 Å². The molecule has 0 amide bonds. The molecule has 0 aliphatic carbocycles. The van der Waals surface area contributed by atoms with Gasteiger partial charge >= 0.3 is 0 Å². The third kappa shape index (κ3) is 8.77. The molecule has 0 aromatic rings. The molecule has 156 valence electrons. The fraction of sp³-hybridized carbons (Fsp3) is 0.560. The van der Waals surface area contributed by atoms with Gasteiger partial charge in [0.2, 0.25) is 0 Å². The van der Waals surface area contributed by atoms with Crippen LogP contribution in [0, 0.1) is 17.8 Å². The van der Waals surface area contributed by atoms with Gasteiger partial charge in [-0.3, -0.25) is 14.4 Å². The van der Waals surface area contributed by atoms with Crippen LogP contribution in [0.2, 0.25) is 0 Å². The second-order valence-corrected chi connectivity index (χ2v) is 7.92. The van der Waals surface area contributed by atoms with Gasteiger partial charge in [-0.05, 0) is 63.2 Å². The Bertz CT molecular complexity index is 701. The standard InChI is InChI=1S/C25H38O3/c1-10-16(3)13-19(6)24(27)20(7)14-17(4)12-18(5)15-21(8)25(28)22(9)23(26)11-2/h12-17,22H,10-11H2,1-9H3. The highest BCUT2D eigenvalue weighted by molar-refractivity contribution is 6.09. The first-order valence-corrected chi connectivity index (χ1v) is 10.3. The Morgan fingerprint density at radius 2 is 1.32 bits per heavy atom. The van der Waals surface area contributed by atoms with Crippen LogP contribution in [-0.2, 0) is 14.4 Å². The molecule has 28 heavy (non-hydrogen) atoms. The summed E-state index contributed by atoms with van der Waals surface area (Å²) in [6.45, 7) is 17.1. The molecule has 0 heterocycles. The van der Waals surface area contributed by atoms with Crippen molar-refractivity contribution < 1.29 is 14.4 Å².